The maximum Gasteiger partial charge on any atom is 0.0423 e. The summed E-state index contributed by atoms with van der Waals surface area (Å²) in [4.78, 5) is 0. The summed E-state index contributed by atoms with van der Waals surface area (Å²) in [7, 11) is 0. The molecular weight excluding hydrogens is 241 g/mol. The first-order valence-corrected chi connectivity index (χ1v) is 6.57. The molecule has 88 valence electrons. The van der Waals surface area contributed by atoms with E-state index in [1.165, 1.54) is 5.56 Å². The fraction of sp³-hybridized carbons (Fsp3) is 0.538. The molecule has 3 atom stereocenters. The Hall–Kier alpha value is -0.240. The van der Waals surface area contributed by atoms with Crippen LogP contribution in [0.5, 0.6) is 0 Å². The van der Waals surface area contributed by atoms with Gasteiger partial charge in [-0.15, -0.1) is 0 Å². The molecule has 0 aliphatic carbocycles. The van der Waals surface area contributed by atoms with Crippen molar-refractivity contribution in [1.29, 1.82) is 0 Å². The lowest BCUT2D eigenvalue weighted by atomic mass is 9.90. The Bertz CT molecular complexity index is 358. The molecule has 0 aromatic heterocycles. The zero-order valence-corrected chi connectivity index (χ0v) is 11.1. The van der Waals surface area contributed by atoms with Gasteiger partial charge < -0.3 is 5.32 Å². The van der Waals surface area contributed by atoms with Crippen molar-refractivity contribution in [2.45, 2.75) is 44.7 Å². The van der Waals surface area contributed by atoms with Crippen LogP contribution in [-0.4, -0.2) is 12.1 Å². The van der Waals surface area contributed by atoms with Crippen LogP contribution >= 0.6 is 23.2 Å². The maximum absolute atomic E-state index is 6.05. The molecule has 0 bridgehead atoms. The van der Waals surface area contributed by atoms with E-state index in [2.05, 4.69) is 19.2 Å². The van der Waals surface area contributed by atoms with Gasteiger partial charge in [0.05, 0.1) is 0 Å². The first-order valence-electron chi connectivity index (χ1n) is 5.82. The molecule has 16 heavy (non-hydrogen) atoms. The summed E-state index contributed by atoms with van der Waals surface area (Å²) in [5.74, 6) is 0.538. The minimum absolute atomic E-state index is 0.538. The van der Waals surface area contributed by atoms with Crippen LogP contribution in [0, 0.1) is 0 Å². The van der Waals surface area contributed by atoms with E-state index in [9.17, 15) is 0 Å². The number of halogens is 2. The monoisotopic (exact) mass is 257 g/mol. The van der Waals surface area contributed by atoms with E-state index in [1.54, 1.807) is 6.07 Å². The largest absolute Gasteiger partial charge is 0.311 e. The second-order valence-corrected chi connectivity index (χ2v) is 5.50. The van der Waals surface area contributed by atoms with Crippen molar-refractivity contribution in [3.63, 3.8) is 0 Å². The molecule has 1 N–H and O–H groups in total. The number of nitrogens with one attached hydrogen (secondary N) is 1. The summed E-state index contributed by atoms with van der Waals surface area (Å²) in [5.41, 5.74) is 1.27. The lowest BCUT2D eigenvalue weighted by Crippen LogP contribution is -2.28. The fourth-order valence-electron chi connectivity index (χ4n) is 2.65. The van der Waals surface area contributed by atoms with E-state index in [1.807, 2.05) is 12.1 Å². The van der Waals surface area contributed by atoms with Crippen molar-refractivity contribution in [3.05, 3.63) is 33.8 Å². The van der Waals surface area contributed by atoms with Crippen molar-refractivity contribution < 1.29 is 0 Å². The standard InChI is InChI=1S/C13H17Cl2N/c1-3-13-12(4-8(2)16-13)9-5-10(14)7-11(15)6-9/h5-8,12-13,16H,3-4H2,1-2H3. The Balaban J connectivity index is 2.28. The number of hydrogen-bond acceptors (Lipinski definition) is 1. The van der Waals surface area contributed by atoms with E-state index in [4.69, 9.17) is 23.2 Å². The normalized spacial score (nSPS) is 29.6. The first-order chi connectivity index (χ1) is 7.60. The summed E-state index contributed by atoms with van der Waals surface area (Å²) in [5, 5.41) is 5.07. The molecule has 2 rings (SSSR count). The topological polar surface area (TPSA) is 12.0 Å². The van der Waals surface area contributed by atoms with Crippen LogP contribution in [-0.2, 0) is 0 Å². The van der Waals surface area contributed by atoms with Crippen molar-refractivity contribution in [3.8, 4) is 0 Å². The van der Waals surface area contributed by atoms with Gasteiger partial charge in [-0.1, -0.05) is 30.1 Å². The molecular formula is C13H17Cl2N. The van der Waals surface area contributed by atoms with E-state index in [0.29, 0.717) is 18.0 Å². The van der Waals surface area contributed by atoms with Gasteiger partial charge in [0.2, 0.25) is 0 Å². The first kappa shape index (κ1) is 12.2. The average Bonchev–Trinajstić information content (AvgIpc) is 2.58. The summed E-state index contributed by atoms with van der Waals surface area (Å²) < 4.78 is 0. The Morgan fingerprint density at radius 2 is 1.88 bits per heavy atom. The zero-order chi connectivity index (χ0) is 11.7. The van der Waals surface area contributed by atoms with Crippen molar-refractivity contribution in [2.75, 3.05) is 0 Å². The second-order valence-electron chi connectivity index (χ2n) is 4.63. The third-order valence-electron chi connectivity index (χ3n) is 3.34. The highest BCUT2D eigenvalue weighted by molar-refractivity contribution is 6.34. The van der Waals surface area contributed by atoms with Crippen molar-refractivity contribution in [1.82, 2.24) is 5.32 Å². The van der Waals surface area contributed by atoms with Gasteiger partial charge in [0.25, 0.3) is 0 Å². The molecule has 1 aliphatic rings. The smallest absolute Gasteiger partial charge is 0.0423 e. The number of benzene rings is 1. The molecule has 3 unspecified atom stereocenters. The Kier molecular flexibility index (Phi) is 3.78. The molecule has 0 amide bonds. The van der Waals surface area contributed by atoms with Crippen molar-refractivity contribution >= 4 is 23.2 Å². The van der Waals surface area contributed by atoms with Crippen LogP contribution in [0.4, 0.5) is 0 Å². The molecule has 0 radical (unpaired) electrons. The maximum atomic E-state index is 6.05. The molecule has 1 heterocycles. The molecule has 1 fully saturated rings. The predicted octanol–water partition coefficient (Wildman–Crippen LogP) is 4.24. The molecule has 1 nitrogen and oxygen atoms in total. The number of rotatable bonds is 2. The summed E-state index contributed by atoms with van der Waals surface area (Å²) in [6, 6.07) is 7.00. The highest BCUT2D eigenvalue weighted by Gasteiger charge is 2.31. The van der Waals surface area contributed by atoms with Crippen LogP contribution in [0.15, 0.2) is 18.2 Å². The van der Waals surface area contributed by atoms with Crippen LogP contribution in [0.25, 0.3) is 0 Å². The highest BCUT2D eigenvalue weighted by atomic mass is 35.5. The molecule has 3 heteroatoms. The Morgan fingerprint density at radius 3 is 2.44 bits per heavy atom. The lowest BCUT2D eigenvalue weighted by molar-refractivity contribution is 0.517. The summed E-state index contributed by atoms with van der Waals surface area (Å²) in [6.45, 7) is 4.45. The molecule has 1 aliphatic heterocycles. The quantitative estimate of drug-likeness (QED) is 0.836. The molecule has 0 saturated carbocycles. The van der Waals surface area contributed by atoms with E-state index >= 15 is 0 Å². The van der Waals surface area contributed by atoms with Gasteiger partial charge >= 0.3 is 0 Å². The Morgan fingerprint density at radius 1 is 1.25 bits per heavy atom. The van der Waals surface area contributed by atoms with Gasteiger partial charge in [-0.05, 0) is 43.5 Å². The van der Waals surface area contributed by atoms with E-state index in [0.717, 1.165) is 22.9 Å². The van der Waals surface area contributed by atoms with E-state index in [-0.39, 0.29) is 0 Å². The zero-order valence-electron chi connectivity index (χ0n) is 9.63. The Labute approximate surface area is 107 Å². The van der Waals surface area contributed by atoms with Crippen LogP contribution in [0.3, 0.4) is 0 Å². The van der Waals surface area contributed by atoms with E-state index < -0.39 is 0 Å². The van der Waals surface area contributed by atoms with Gasteiger partial charge in [0, 0.05) is 28.0 Å². The third-order valence-corrected chi connectivity index (χ3v) is 3.78. The van der Waals surface area contributed by atoms with Crippen LogP contribution in [0.2, 0.25) is 10.0 Å². The second kappa shape index (κ2) is 4.95. The fourth-order valence-corrected chi connectivity index (χ4v) is 3.20. The predicted molar refractivity (Wildman–Crippen MR) is 70.5 cm³/mol. The van der Waals surface area contributed by atoms with Gasteiger partial charge in [-0.25, -0.2) is 0 Å². The molecule has 1 aromatic rings. The van der Waals surface area contributed by atoms with Gasteiger partial charge in [-0.3, -0.25) is 0 Å². The van der Waals surface area contributed by atoms with Gasteiger partial charge in [0.1, 0.15) is 0 Å². The molecule has 0 spiro atoms. The van der Waals surface area contributed by atoms with Gasteiger partial charge in [-0.2, -0.15) is 0 Å². The summed E-state index contributed by atoms with van der Waals surface area (Å²) in [6.07, 6.45) is 2.30. The lowest BCUT2D eigenvalue weighted by Gasteiger charge is -2.18. The minimum atomic E-state index is 0.538. The third kappa shape index (κ3) is 2.53. The van der Waals surface area contributed by atoms with Crippen LogP contribution < -0.4 is 5.32 Å². The average molecular weight is 258 g/mol. The minimum Gasteiger partial charge on any atom is -0.311 e. The van der Waals surface area contributed by atoms with Crippen LogP contribution in [0.1, 0.15) is 38.2 Å². The highest BCUT2D eigenvalue weighted by Crippen LogP contribution is 2.35. The van der Waals surface area contributed by atoms with Gasteiger partial charge in [0.15, 0.2) is 0 Å². The SMILES string of the molecule is CCC1NC(C)CC1c1cc(Cl)cc(Cl)c1. The molecule has 1 aromatic carbocycles. The summed E-state index contributed by atoms with van der Waals surface area (Å²) >= 11 is 12.1. The number of hydrogen-bond donors (Lipinski definition) is 1. The van der Waals surface area contributed by atoms with Crippen molar-refractivity contribution in [2.24, 2.45) is 0 Å². The molecule has 1 saturated heterocycles.